The average molecular weight is 158 g/mol. The number of aldehydes is 1. The van der Waals surface area contributed by atoms with E-state index in [1.807, 2.05) is 7.85 Å². The average Bonchev–Trinajstić information content (AvgIpc) is 2.13. The number of hydrogen-bond acceptors (Lipinski definition) is 2. The Balaban J connectivity index is 3.11. The van der Waals surface area contributed by atoms with Crippen LogP contribution in [0.15, 0.2) is 6.07 Å². The first-order valence-corrected chi connectivity index (χ1v) is 3.64. The minimum Gasteiger partial charge on any atom is -0.297 e. The molecule has 4 heteroatoms. The van der Waals surface area contributed by atoms with Crippen molar-refractivity contribution in [3.05, 3.63) is 15.3 Å². The lowest BCUT2D eigenvalue weighted by molar-refractivity contribution is 0.112. The Morgan fingerprint density at radius 2 is 2.44 bits per heavy atom. The van der Waals surface area contributed by atoms with Crippen molar-refractivity contribution in [3.63, 3.8) is 0 Å². The first-order chi connectivity index (χ1) is 4.24. The summed E-state index contributed by atoms with van der Waals surface area (Å²) < 4.78 is 0.706. The Labute approximate surface area is 63.1 Å². The molecule has 0 unspecified atom stereocenters. The van der Waals surface area contributed by atoms with Gasteiger partial charge < -0.3 is 0 Å². The molecule has 0 aliphatic heterocycles. The van der Waals surface area contributed by atoms with E-state index in [4.69, 9.17) is 11.6 Å². The molecule has 1 aromatic rings. The van der Waals surface area contributed by atoms with Crippen LogP contribution in [0.1, 0.15) is 9.67 Å². The lowest BCUT2D eigenvalue weighted by Gasteiger charge is -1.76. The van der Waals surface area contributed by atoms with Gasteiger partial charge in [-0.3, -0.25) is 4.79 Å². The van der Waals surface area contributed by atoms with Crippen LogP contribution in [-0.2, 0) is 0 Å². The minimum absolute atomic E-state index is 0.692. The molecule has 0 spiro atoms. The van der Waals surface area contributed by atoms with Gasteiger partial charge in [0.2, 0.25) is 0 Å². The topological polar surface area (TPSA) is 17.1 Å². The van der Waals surface area contributed by atoms with Crippen molar-refractivity contribution in [3.8, 4) is 0 Å². The van der Waals surface area contributed by atoms with Gasteiger partial charge in [-0.05, 0) is 6.07 Å². The Kier molecular flexibility index (Phi) is 1.93. The van der Waals surface area contributed by atoms with Gasteiger partial charge in [-0.1, -0.05) is 17.1 Å². The number of thiophene rings is 1. The third kappa shape index (κ3) is 1.34. The lowest BCUT2D eigenvalue weighted by Crippen LogP contribution is -1.96. The standard InChI is InChI=1S/C5H4BClOS/c6-4-1-3(2-8)9-5(4)7/h1-2H,6H2. The second kappa shape index (κ2) is 2.54. The molecule has 46 valence electrons. The third-order valence-electron chi connectivity index (χ3n) is 0.992. The third-order valence-corrected chi connectivity index (χ3v) is 2.47. The summed E-state index contributed by atoms with van der Waals surface area (Å²) in [5.41, 5.74) is 0.976. The van der Waals surface area contributed by atoms with Gasteiger partial charge in [0.1, 0.15) is 7.85 Å². The maximum Gasteiger partial charge on any atom is 0.160 e. The summed E-state index contributed by atoms with van der Waals surface area (Å²) in [6.07, 6.45) is 0.809. The summed E-state index contributed by atoms with van der Waals surface area (Å²) in [4.78, 5) is 10.8. The molecule has 0 aliphatic carbocycles. The van der Waals surface area contributed by atoms with Gasteiger partial charge in [0.15, 0.2) is 6.29 Å². The van der Waals surface area contributed by atoms with E-state index < -0.39 is 0 Å². The fourth-order valence-corrected chi connectivity index (χ4v) is 1.57. The van der Waals surface area contributed by atoms with Crippen molar-refractivity contribution in [2.75, 3.05) is 0 Å². The monoisotopic (exact) mass is 158 g/mol. The van der Waals surface area contributed by atoms with E-state index in [9.17, 15) is 4.79 Å². The predicted octanol–water partition coefficient (Wildman–Crippen LogP) is 0.472. The van der Waals surface area contributed by atoms with Crippen LogP contribution >= 0.6 is 22.9 Å². The smallest absolute Gasteiger partial charge is 0.160 e. The van der Waals surface area contributed by atoms with Gasteiger partial charge in [-0.15, -0.1) is 11.3 Å². The minimum atomic E-state index is 0.692. The van der Waals surface area contributed by atoms with E-state index in [2.05, 4.69) is 0 Å². The molecule has 1 rings (SSSR count). The number of hydrogen-bond donors (Lipinski definition) is 0. The van der Waals surface area contributed by atoms with Crippen LogP contribution in [0.4, 0.5) is 0 Å². The summed E-state index contributed by atoms with van der Waals surface area (Å²) in [6, 6.07) is 1.78. The molecule has 0 radical (unpaired) electrons. The Morgan fingerprint density at radius 1 is 1.78 bits per heavy atom. The van der Waals surface area contributed by atoms with Crippen LogP contribution in [0.3, 0.4) is 0 Å². The molecule has 0 atom stereocenters. The number of rotatable bonds is 1. The predicted molar refractivity (Wildman–Crippen MR) is 42.9 cm³/mol. The molecule has 0 N–H and O–H groups in total. The van der Waals surface area contributed by atoms with Gasteiger partial charge in [-0.2, -0.15) is 0 Å². The van der Waals surface area contributed by atoms with Crippen molar-refractivity contribution in [2.45, 2.75) is 0 Å². The van der Waals surface area contributed by atoms with E-state index in [0.717, 1.165) is 11.7 Å². The highest BCUT2D eigenvalue weighted by Gasteiger charge is 1.99. The summed E-state index contributed by atoms with van der Waals surface area (Å²) in [5.74, 6) is 0. The number of halogens is 1. The fourth-order valence-electron chi connectivity index (χ4n) is 0.542. The summed E-state index contributed by atoms with van der Waals surface area (Å²) in [5, 5.41) is 0. The van der Waals surface area contributed by atoms with Gasteiger partial charge >= 0.3 is 0 Å². The fraction of sp³-hybridized carbons (Fsp3) is 0. The van der Waals surface area contributed by atoms with Crippen molar-refractivity contribution in [1.29, 1.82) is 0 Å². The maximum atomic E-state index is 10.1. The molecule has 9 heavy (non-hydrogen) atoms. The number of carbonyl (C=O) groups excluding carboxylic acids is 1. The first-order valence-electron chi connectivity index (χ1n) is 2.45. The van der Waals surface area contributed by atoms with Crippen molar-refractivity contribution in [1.82, 2.24) is 0 Å². The largest absolute Gasteiger partial charge is 0.297 e. The molecule has 0 saturated heterocycles. The number of carbonyl (C=O) groups is 1. The van der Waals surface area contributed by atoms with Gasteiger partial charge in [0, 0.05) is 0 Å². The molecule has 0 fully saturated rings. The zero-order valence-electron chi connectivity index (χ0n) is 4.85. The molecule has 0 aromatic carbocycles. The van der Waals surface area contributed by atoms with Crippen molar-refractivity contribution >= 4 is 42.5 Å². The molecular formula is C5H4BClOS. The molecule has 0 saturated carbocycles. The molecule has 0 bridgehead atoms. The van der Waals surface area contributed by atoms with Gasteiger partial charge in [0.05, 0.1) is 9.21 Å². The van der Waals surface area contributed by atoms with E-state index in [1.165, 1.54) is 11.3 Å². The Bertz CT molecular complexity index is 213. The Morgan fingerprint density at radius 3 is 2.67 bits per heavy atom. The second-order valence-corrected chi connectivity index (χ2v) is 3.41. The molecule has 1 heterocycles. The van der Waals surface area contributed by atoms with Crippen LogP contribution < -0.4 is 5.46 Å². The Hall–Kier alpha value is -0.275. The molecular weight excluding hydrogens is 154 g/mol. The van der Waals surface area contributed by atoms with Crippen LogP contribution in [0, 0.1) is 0 Å². The highest BCUT2D eigenvalue weighted by Crippen LogP contribution is 2.16. The molecule has 0 aliphatic rings. The highest BCUT2D eigenvalue weighted by atomic mass is 35.5. The van der Waals surface area contributed by atoms with Crippen molar-refractivity contribution < 1.29 is 4.79 Å². The van der Waals surface area contributed by atoms with Gasteiger partial charge in [0.25, 0.3) is 0 Å². The maximum absolute atomic E-state index is 10.1. The first kappa shape index (κ1) is 6.84. The van der Waals surface area contributed by atoms with Gasteiger partial charge in [-0.25, -0.2) is 0 Å². The normalized spacial score (nSPS) is 9.44. The summed E-state index contributed by atoms with van der Waals surface area (Å²) >= 11 is 6.98. The van der Waals surface area contributed by atoms with Crippen LogP contribution in [0.2, 0.25) is 4.34 Å². The lowest BCUT2D eigenvalue weighted by atomic mass is 10.0. The van der Waals surface area contributed by atoms with E-state index in [0.29, 0.717) is 9.21 Å². The van der Waals surface area contributed by atoms with E-state index >= 15 is 0 Å². The van der Waals surface area contributed by atoms with Crippen molar-refractivity contribution in [2.24, 2.45) is 0 Å². The molecule has 0 amide bonds. The summed E-state index contributed by atoms with van der Waals surface area (Å²) in [7, 11) is 1.88. The van der Waals surface area contributed by atoms with E-state index in [1.54, 1.807) is 6.07 Å². The molecule has 1 nitrogen and oxygen atoms in total. The zero-order chi connectivity index (χ0) is 6.85. The zero-order valence-corrected chi connectivity index (χ0v) is 6.42. The second-order valence-electron chi connectivity index (χ2n) is 1.72. The quantitative estimate of drug-likeness (QED) is 0.429. The van der Waals surface area contributed by atoms with Crippen LogP contribution in [0.25, 0.3) is 0 Å². The van der Waals surface area contributed by atoms with E-state index in [-0.39, 0.29) is 0 Å². The highest BCUT2D eigenvalue weighted by molar-refractivity contribution is 7.18. The summed E-state index contributed by atoms with van der Waals surface area (Å²) in [6.45, 7) is 0. The van der Waals surface area contributed by atoms with Crippen LogP contribution in [0.5, 0.6) is 0 Å². The molecule has 1 aromatic heterocycles. The SMILES string of the molecule is Bc1cc(C=O)sc1Cl. The van der Waals surface area contributed by atoms with Crippen LogP contribution in [-0.4, -0.2) is 14.1 Å².